The summed E-state index contributed by atoms with van der Waals surface area (Å²) in [5.74, 6) is 0.996. The van der Waals surface area contributed by atoms with Gasteiger partial charge in [-0.25, -0.2) is 4.98 Å². The van der Waals surface area contributed by atoms with Gasteiger partial charge in [0, 0.05) is 11.6 Å². The van der Waals surface area contributed by atoms with E-state index >= 15 is 0 Å². The van der Waals surface area contributed by atoms with Gasteiger partial charge in [-0.15, -0.1) is 0 Å². The van der Waals surface area contributed by atoms with Crippen LogP contribution in [0, 0.1) is 13.8 Å². The molecule has 3 heteroatoms. The second-order valence-corrected chi connectivity index (χ2v) is 5.25. The van der Waals surface area contributed by atoms with Gasteiger partial charge in [0.15, 0.2) is 0 Å². The SMILES string of the molecule is CCC(C)NCc1ncc(-c2cc(C)ccc2C)[nH]1. The third kappa shape index (κ3) is 3.44. The second-order valence-electron chi connectivity index (χ2n) is 5.25. The van der Waals surface area contributed by atoms with E-state index in [2.05, 4.69) is 61.2 Å². The standard InChI is InChI=1S/C16H23N3/c1-5-13(4)17-10-16-18-9-15(19-16)14-8-11(2)6-7-12(14)3/h6-9,13,17H,5,10H2,1-4H3,(H,18,19). The number of H-pyrrole nitrogens is 1. The van der Waals surface area contributed by atoms with Crippen LogP contribution >= 0.6 is 0 Å². The molecule has 0 spiro atoms. The Morgan fingerprint density at radius 3 is 2.84 bits per heavy atom. The Bertz CT molecular complexity index is 543. The molecule has 0 aliphatic carbocycles. The van der Waals surface area contributed by atoms with Gasteiger partial charge in [-0.05, 0) is 38.8 Å². The van der Waals surface area contributed by atoms with Crippen molar-refractivity contribution in [3.63, 3.8) is 0 Å². The number of hydrogen-bond acceptors (Lipinski definition) is 2. The average Bonchev–Trinajstić information content (AvgIpc) is 2.87. The number of nitrogens with one attached hydrogen (secondary N) is 2. The molecular formula is C16H23N3. The topological polar surface area (TPSA) is 40.7 Å². The number of rotatable bonds is 5. The van der Waals surface area contributed by atoms with Crippen molar-refractivity contribution in [2.75, 3.05) is 0 Å². The first kappa shape index (κ1) is 13.8. The summed E-state index contributed by atoms with van der Waals surface area (Å²) >= 11 is 0. The molecule has 0 aliphatic rings. The van der Waals surface area contributed by atoms with E-state index in [9.17, 15) is 0 Å². The van der Waals surface area contributed by atoms with E-state index in [0.29, 0.717) is 6.04 Å². The van der Waals surface area contributed by atoms with Crippen molar-refractivity contribution in [3.05, 3.63) is 41.3 Å². The van der Waals surface area contributed by atoms with E-state index in [0.717, 1.165) is 24.5 Å². The Labute approximate surface area is 115 Å². The molecule has 3 nitrogen and oxygen atoms in total. The fraction of sp³-hybridized carbons (Fsp3) is 0.438. The number of aromatic amines is 1. The lowest BCUT2D eigenvalue weighted by Crippen LogP contribution is -2.24. The molecular weight excluding hydrogens is 234 g/mol. The van der Waals surface area contributed by atoms with Gasteiger partial charge in [0.05, 0.1) is 18.4 Å². The van der Waals surface area contributed by atoms with Crippen LogP contribution in [0.1, 0.15) is 37.2 Å². The van der Waals surface area contributed by atoms with Crippen molar-refractivity contribution < 1.29 is 0 Å². The van der Waals surface area contributed by atoms with E-state index in [1.807, 2.05) is 6.20 Å². The maximum absolute atomic E-state index is 4.45. The van der Waals surface area contributed by atoms with Crippen molar-refractivity contribution in [3.8, 4) is 11.3 Å². The Kier molecular flexibility index (Phi) is 4.38. The fourth-order valence-corrected chi connectivity index (χ4v) is 2.03. The van der Waals surface area contributed by atoms with Crippen LogP contribution in [0.4, 0.5) is 0 Å². The van der Waals surface area contributed by atoms with Crippen LogP contribution in [-0.2, 0) is 6.54 Å². The first-order chi connectivity index (χ1) is 9.10. The summed E-state index contributed by atoms with van der Waals surface area (Å²) < 4.78 is 0. The predicted octanol–water partition coefficient (Wildman–Crippen LogP) is 3.58. The second kappa shape index (κ2) is 6.02. The summed E-state index contributed by atoms with van der Waals surface area (Å²) in [6.45, 7) is 9.41. The normalized spacial score (nSPS) is 12.6. The van der Waals surface area contributed by atoms with Crippen molar-refractivity contribution >= 4 is 0 Å². The Morgan fingerprint density at radius 1 is 1.32 bits per heavy atom. The smallest absolute Gasteiger partial charge is 0.120 e. The zero-order valence-electron chi connectivity index (χ0n) is 12.2. The van der Waals surface area contributed by atoms with Gasteiger partial charge in [-0.2, -0.15) is 0 Å². The molecule has 2 aromatic rings. The monoisotopic (exact) mass is 257 g/mol. The molecule has 1 aromatic carbocycles. The minimum atomic E-state index is 0.522. The number of imidazole rings is 1. The first-order valence-electron chi connectivity index (χ1n) is 6.95. The van der Waals surface area contributed by atoms with Crippen LogP contribution in [0.3, 0.4) is 0 Å². The molecule has 0 saturated carbocycles. The van der Waals surface area contributed by atoms with Crippen LogP contribution in [0.15, 0.2) is 24.4 Å². The zero-order valence-corrected chi connectivity index (χ0v) is 12.2. The van der Waals surface area contributed by atoms with Crippen LogP contribution in [0.5, 0.6) is 0 Å². The molecule has 0 bridgehead atoms. The van der Waals surface area contributed by atoms with E-state index in [4.69, 9.17) is 0 Å². The van der Waals surface area contributed by atoms with Gasteiger partial charge in [-0.3, -0.25) is 0 Å². The Hall–Kier alpha value is -1.61. The summed E-state index contributed by atoms with van der Waals surface area (Å²) in [6.07, 6.45) is 3.06. The highest BCUT2D eigenvalue weighted by Crippen LogP contribution is 2.22. The molecule has 2 rings (SSSR count). The molecule has 19 heavy (non-hydrogen) atoms. The number of benzene rings is 1. The van der Waals surface area contributed by atoms with Gasteiger partial charge in [0.2, 0.25) is 0 Å². The number of nitrogens with zero attached hydrogens (tertiary/aromatic N) is 1. The lowest BCUT2D eigenvalue weighted by molar-refractivity contribution is 0.525. The highest BCUT2D eigenvalue weighted by Gasteiger charge is 2.07. The van der Waals surface area contributed by atoms with Gasteiger partial charge in [0.1, 0.15) is 5.82 Å². The quantitative estimate of drug-likeness (QED) is 0.859. The fourth-order valence-electron chi connectivity index (χ4n) is 2.03. The van der Waals surface area contributed by atoms with Crippen molar-refractivity contribution in [2.45, 2.75) is 46.7 Å². The van der Waals surface area contributed by atoms with Gasteiger partial charge in [-0.1, -0.05) is 24.6 Å². The molecule has 1 atom stereocenters. The molecule has 0 fully saturated rings. The largest absolute Gasteiger partial charge is 0.341 e. The molecule has 1 aromatic heterocycles. The van der Waals surface area contributed by atoms with Crippen LogP contribution < -0.4 is 5.32 Å². The lowest BCUT2D eigenvalue weighted by Gasteiger charge is -2.09. The first-order valence-corrected chi connectivity index (χ1v) is 6.95. The van der Waals surface area contributed by atoms with Crippen molar-refractivity contribution in [1.82, 2.24) is 15.3 Å². The van der Waals surface area contributed by atoms with Gasteiger partial charge < -0.3 is 10.3 Å². The Morgan fingerprint density at radius 2 is 2.11 bits per heavy atom. The molecule has 2 N–H and O–H groups in total. The molecule has 0 radical (unpaired) electrons. The predicted molar refractivity (Wildman–Crippen MR) is 80.1 cm³/mol. The van der Waals surface area contributed by atoms with Crippen LogP contribution in [0.2, 0.25) is 0 Å². The molecule has 0 saturated heterocycles. The summed E-state index contributed by atoms with van der Waals surface area (Å²) in [4.78, 5) is 7.85. The van der Waals surface area contributed by atoms with Crippen molar-refractivity contribution in [2.24, 2.45) is 0 Å². The molecule has 1 heterocycles. The molecule has 0 amide bonds. The zero-order chi connectivity index (χ0) is 13.8. The summed E-state index contributed by atoms with van der Waals surface area (Å²) in [7, 11) is 0. The molecule has 1 unspecified atom stereocenters. The Balaban J connectivity index is 2.14. The molecule has 0 aliphatic heterocycles. The van der Waals surface area contributed by atoms with Gasteiger partial charge in [0.25, 0.3) is 0 Å². The summed E-state index contributed by atoms with van der Waals surface area (Å²) in [6, 6.07) is 7.02. The van der Waals surface area contributed by atoms with E-state index in [1.54, 1.807) is 0 Å². The average molecular weight is 257 g/mol. The van der Waals surface area contributed by atoms with E-state index in [-0.39, 0.29) is 0 Å². The minimum absolute atomic E-state index is 0.522. The van der Waals surface area contributed by atoms with Gasteiger partial charge >= 0.3 is 0 Å². The summed E-state index contributed by atoms with van der Waals surface area (Å²) in [5, 5.41) is 3.45. The highest BCUT2D eigenvalue weighted by atomic mass is 15.0. The van der Waals surface area contributed by atoms with Crippen LogP contribution in [0.25, 0.3) is 11.3 Å². The minimum Gasteiger partial charge on any atom is -0.341 e. The number of hydrogen-bond donors (Lipinski definition) is 2. The van der Waals surface area contributed by atoms with Crippen LogP contribution in [-0.4, -0.2) is 16.0 Å². The maximum atomic E-state index is 4.45. The number of aryl methyl sites for hydroxylation is 2. The lowest BCUT2D eigenvalue weighted by atomic mass is 10.0. The van der Waals surface area contributed by atoms with E-state index in [1.165, 1.54) is 16.7 Å². The number of aromatic nitrogens is 2. The third-order valence-corrected chi connectivity index (χ3v) is 3.54. The molecule has 102 valence electrons. The summed E-state index contributed by atoms with van der Waals surface area (Å²) in [5.41, 5.74) is 4.88. The third-order valence-electron chi connectivity index (χ3n) is 3.54. The highest BCUT2D eigenvalue weighted by molar-refractivity contribution is 5.63. The maximum Gasteiger partial charge on any atom is 0.120 e. The van der Waals surface area contributed by atoms with Crippen molar-refractivity contribution in [1.29, 1.82) is 0 Å². The van der Waals surface area contributed by atoms with E-state index < -0.39 is 0 Å².